The quantitative estimate of drug-likeness (QED) is 0.155. The van der Waals surface area contributed by atoms with Crippen molar-refractivity contribution in [3.8, 4) is 5.75 Å². The second-order valence-corrected chi connectivity index (χ2v) is 10.5. The summed E-state index contributed by atoms with van der Waals surface area (Å²) in [6.07, 6.45) is 1.04. The van der Waals surface area contributed by atoms with Crippen LogP contribution in [0.2, 0.25) is 5.02 Å². The number of fused-ring (bicyclic) bond motifs is 1. The summed E-state index contributed by atoms with van der Waals surface area (Å²) in [6, 6.07) is 6.12. The highest BCUT2D eigenvalue weighted by molar-refractivity contribution is 7.92. The first kappa shape index (κ1) is 27.7. The molecular formula is C24H15ClF6N4O4S. The van der Waals surface area contributed by atoms with Crippen molar-refractivity contribution in [1.29, 1.82) is 0 Å². The number of nitrogens with zero attached hydrogens (tertiary/aromatic N) is 2. The van der Waals surface area contributed by atoms with E-state index in [1.54, 1.807) is 0 Å². The summed E-state index contributed by atoms with van der Waals surface area (Å²) in [5, 5.41) is 2.80. The smallest absolute Gasteiger partial charge is 0.268 e. The highest BCUT2D eigenvalue weighted by Crippen LogP contribution is 2.37. The molecule has 0 aliphatic carbocycles. The molecule has 1 aliphatic heterocycles. The first-order valence-corrected chi connectivity index (χ1v) is 13.1. The van der Waals surface area contributed by atoms with Crippen molar-refractivity contribution in [2.45, 2.75) is 17.4 Å². The number of halogens is 7. The van der Waals surface area contributed by atoms with Gasteiger partial charge in [-0.05, 0) is 24.3 Å². The zero-order valence-electron chi connectivity index (χ0n) is 19.7. The number of anilines is 3. The van der Waals surface area contributed by atoms with Gasteiger partial charge in [0.05, 0.1) is 29.4 Å². The molecule has 1 fully saturated rings. The summed E-state index contributed by atoms with van der Waals surface area (Å²) in [4.78, 5) is 6.13. The van der Waals surface area contributed by atoms with Gasteiger partial charge in [-0.2, -0.15) is 0 Å². The summed E-state index contributed by atoms with van der Waals surface area (Å²) in [5.41, 5.74) is 0.0653. The van der Waals surface area contributed by atoms with Gasteiger partial charge in [0.2, 0.25) is 5.82 Å². The Balaban J connectivity index is 1.63. The number of aromatic nitrogens is 2. The van der Waals surface area contributed by atoms with Gasteiger partial charge in [0.25, 0.3) is 10.0 Å². The van der Waals surface area contributed by atoms with E-state index in [1.165, 1.54) is 18.2 Å². The van der Waals surface area contributed by atoms with Crippen LogP contribution in [-0.4, -0.2) is 37.7 Å². The Kier molecular flexibility index (Phi) is 7.37. The Labute approximate surface area is 227 Å². The number of sulfonamides is 1. The zero-order valence-corrected chi connectivity index (χ0v) is 21.3. The minimum absolute atomic E-state index is 0.0695. The fraction of sp³-hybridized carbons (Fsp3) is 0.167. The molecule has 0 amide bonds. The van der Waals surface area contributed by atoms with Crippen LogP contribution in [0.25, 0.3) is 10.9 Å². The van der Waals surface area contributed by atoms with Crippen LogP contribution in [0.1, 0.15) is 6.42 Å². The van der Waals surface area contributed by atoms with E-state index < -0.39 is 61.6 Å². The van der Waals surface area contributed by atoms with Crippen LogP contribution in [0.3, 0.4) is 0 Å². The van der Waals surface area contributed by atoms with Crippen molar-refractivity contribution in [3.05, 3.63) is 76.6 Å². The first-order chi connectivity index (χ1) is 19.0. The van der Waals surface area contributed by atoms with Crippen molar-refractivity contribution < 1.29 is 44.2 Å². The fourth-order valence-electron chi connectivity index (χ4n) is 3.87. The van der Waals surface area contributed by atoms with Gasteiger partial charge in [-0.1, -0.05) is 11.6 Å². The van der Waals surface area contributed by atoms with Crippen LogP contribution >= 0.6 is 11.6 Å². The third kappa shape index (κ3) is 5.19. The lowest BCUT2D eigenvalue weighted by atomic mass is 10.2. The van der Waals surface area contributed by atoms with E-state index in [-0.39, 0.29) is 34.1 Å². The van der Waals surface area contributed by atoms with Crippen molar-refractivity contribution in [2.75, 3.05) is 23.3 Å². The van der Waals surface area contributed by atoms with Crippen LogP contribution in [0, 0.1) is 34.9 Å². The van der Waals surface area contributed by atoms with Gasteiger partial charge in [-0.3, -0.25) is 4.72 Å². The molecule has 0 radical (unpaired) electrons. The predicted molar refractivity (Wildman–Crippen MR) is 131 cm³/mol. The van der Waals surface area contributed by atoms with E-state index in [4.69, 9.17) is 21.1 Å². The van der Waals surface area contributed by atoms with Gasteiger partial charge in [0, 0.05) is 23.6 Å². The summed E-state index contributed by atoms with van der Waals surface area (Å²) in [6.45, 7) is 0.490. The Hall–Kier alpha value is -3.82. The van der Waals surface area contributed by atoms with Gasteiger partial charge in [-0.15, -0.1) is 0 Å². The van der Waals surface area contributed by atoms with Gasteiger partial charge in [-0.25, -0.2) is 44.7 Å². The SMILES string of the molecule is O=S(=O)(Nc1cc2c(Nc3ccc(F)c(Cl)c3)ncnc2cc1O[C@H]1CCOC1)c1c(F)c(F)c(F)c(F)c1F. The van der Waals surface area contributed by atoms with Crippen LogP contribution in [0.4, 0.5) is 43.5 Å². The Bertz CT molecular complexity index is 1730. The third-order valence-electron chi connectivity index (χ3n) is 5.78. The molecular weight excluding hydrogens is 590 g/mol. The minimum atomic E-state index is -5.42. The lowest BCUT2D eigenvalue weighted by Crippen LogP contribution is -2.21. The maximum atomic E-state index is 14.4. The molecule has 1 aromatic heterocycles. The second-order valence-electron chi connectivity index (χ2n) is 8.45. The molecule has 16 heteroatoms. The minimum Gasteiger partial charge on any atom is -0.486 e. The zero-order chi connectivity index (χ0) is 28.8. The topological polar surface area (TPSA) is 102 Å². The monoisotopic (exact) mass is 604 g/mol. The first-order valence-electron chi connectivity index (χ1n) is 11.3. The summed E-state index contributed by atoms with van der Waals surface area (Å²) in [5.74, 6) is -13.3. The van der Waals surface area contributed by atoms with Gasteiger partial charge < -0.3 is 14.8 Å². The van der Waals surface area contributed by atoms with E-state index in [0.717, 1.165) is 18.5 Å². The standard InChI is InChI=1S/C24H15ClF6N4O4S/c25-13-5-10(1-2-14(13)26)34-24-12-6-16(17(7-15(12)32-9-33-24)39-11-3-4-38-8-11)35-40(36,37)23-21(30)19(28)18(27)20(29)22(23)31/h1-2,5-7,9,11,35H,3-4,8H2,(H,32,33,34)/t11-/m0/s1. The highest BCUT2D eigenvalue weighted by Gasteiger charge is 2.34. The molecule has 1 atom stereocenters. The molecule has 1 aliphatic rings. The van der Waals surface area contributed by atoms with E-state index >= 15 is 0 Å². The predicted octanol–water partition coefficient (Wildman–Crippen LogP) is 5.83. The lowest BCUT2D eigenvalue weighted by Gasteiger charge is -2.19. The van der Waals surface area contributed by atoms with Crippen molar-refractivity contribution in [1.82, 2.24) is 9.97 Å². The van der Waals surface area contributed by atoms with Gasteiger partial charge >= 0.3 is 0 Å². The summed E-state index contributed by atoms with van der Waals surface area (Å²) in [7, 11) is -5.42. The van der Waals surface area contributed by atoms with Gasteiger partial charge in [0.15, 0.2) is 28.2 Å². The molecule has 3 aromatic carbocycles. The van der Waals surface area contributed by atoms with E-state index in [1.807, 2.05) is 4.72 Å². The molecule has 4 aromatic rings. The third-order valence-corrected chi connectivity index (χ3v) is 7.46. The fourth-order valence-corrected chi connectivity index (χ4v) is 5.26. The average Bonchev–Trinajstić information content (AvgIpc) is 3.42. The van der Waals surface area contributed by atoms with Gasteiger partial charge in [0.1, 0.15) is 29.8 Å². The Morgan fingerprint density at radius 1 is 0.950 bits per heavy atom. The maximum Gasteiger partial charge on any atom is 0.268 e. The molecule has 210 valence electrons. The molecule has 0 unspecified atom stereocenters. The number of benzene rings is 3. The van der Waals surface area contributed by atoms with Crippen LogP contribution in [0.15, 0.2) is 41.6 Å². The summed E-state index contributed by atoms with van der Waals surface area (Å²) >= 11 is 5.82. The summed E-state index contributed by atoms with van der Waals surface area (Å²) < 4.78 is 122. The Morgan fingerprint density at radius 2 is 1.65 bits per heavy atom. The molecule has 2 N–H and O–H groups in total. The lowest BCUT2D eigenvalue weighted by molar-refractivity contribution is 0.142. The molecule has 0 saturated carbocycles. The molecule has 0 spiro atoms. The number of rotatable bonds is 7. The number of hydrogen-bond donors (Lipinski definition) is 2. The Morgan fingerprint density at radius 3 is 2.30 bits per heavy atom. The van der Waals surface area contributed by atoms with Crippen molar-refractivity contribution in [2.24, 2.45) is 0 Å². The molecule has 8 nitrogen and oxygen atoms in total. The molecule has 0 bridgehead atoms. The molecule has 1 saturated heterocycles. The highest BCUT2D eigenvalue weighted by atomic mass is 35.5. The van der Waals surface area contributed by atoms with Crippen LogP contribution < -0.4 is 14.8 Å². The molecule has 2 heterocycles. The number of hydrogen-bond acceptors (Lipinski definition) is 7. The molecule has 5 rings (SSSR count). The van der Waals surface area contributed by atoms with Crippen molar-refractivity contribution >= 4 is 49.7 Å². The average molecular weight is 605 g/mol. The van der Waals surface area contributed by atoms with Crippen LogP contribution in [0.5, 0.6) is 5.75 Å². The van der Waals surface area contributed by atoms with E-state index in [9.17, 15) is 34.8 Å². The number of nitrogens with one attached hydrogen (secondary N) is 2. The van der Waals surface area contributed by atoms with E-state index in [2.05, 4.69) is 15.3 Å². The maximum absolute atomic E-state index is 14.4. The normalized spacial score (nSPS) is 15.4. The molecule has 40 heavy (non-hydrogen) atoms. The van der Waals surface area contributed by atoms with Crippen molar-refractivity contribution in [3.63, 3.8) is 0 Å². The van der Waals surface area contributed by atoms with Crippen LogP contribution in [-0.2, 0) is 14.8 Å². The largest absolute Gasteiger partial charge is 0.486 e. The number of ether oxygens (including phenoxy) is 2. The second kappa shape index (κ2) is 10.6. The van der Waals surface area contributed by atoms with E-state index in [0.29, 0.717) is 18.7 Å².